The Morgan fingerprint density at radius 2 is 2.14 bits per heavy atom. The van der Waals surface area contributed by atoms with Gasteiger partial charge in [-0.25, -0.2) is 4.98 Å². The second kappa shape index (κ2) is 7.33. The molecule has 0 radical (unpaired) electrons. The van der Waals surface area contributed by atoms with Crippen LogP contribution in [-0.2, 0) is 0 Å². The normalized spacial score (nSPS) is 16.3. The molecule has 0 unspecified atom stereocenters. The number of likely N-dealkylation sites (tertiary alicyclic amines) is 1. The lowest BCUT2D eigenvalue weighted by atomic mass is 10.3. The van der Waals surface area contributed by atoms with Crippen LogP contribution in [0.2, 0.25) is 0 Å². The average Bonchev–Trinajstić information content (AvgIpc) is 2.98. The Hall–Kier alpha value is -1.73. The highest BCUT2D eigenvalue weighted by atomic mass is 16.3. The van der Waals surface area contributed by atoms with Crippen LogP contribution in [-0.4, -0.2) is 77.2 Å². The van der Waals surface area contributed by atoms with Gasteiger partial charge in [0.2, 0.25) is 0 Å². The molecule has 1 atom stereocenters. The van der Waals surface area contributed by atoms with Crippen LogP contribution < -0.4 is 5.32 Å². The Labute approximate surface area is 125 Å². The van der Waals surface area contributed by atoms with Crippen LogP contribution in [0.4, 0.5) is 5.82 Å². The molecule has 7 heteroatoms. The van der Waals surface area contributed by atoms with Crippen LogP contribution in [0.25, 0.3) is 0 Å². The van der Waals surface area contributed by atoms with E-state index in [1.165, 1.54) is 6.20 Å². The number of aliphatic hydroxyl groups excluding tert-OH is 1. The third-order valence-corrected chi connectivity index (χ3v) is 3.34. The zero-order valence-electron chi connectivity index (χ0n) is 12.6. The molecule has 1 aliphatic rings. The van der Waals surface area contributed by atoms with Crippen LogP contribution in [0.3, 0.4) is 0 Å². The van der Waals surface area contributed by atoms with E-state index >= 15 is 0 Å². The number of aliphatic hydroxyl groups is 1. The summed E-state index contributed by atoms with van der Waals surface area (Å²) in [6.45, 7) is 2.51. The predicted octanol–water partition coefficient (Wildman–Crippen LogP) is 0.0470. The van der Waals surface area contributed by atoms with E-state index in [0.717, 1.165) is 25.9 Å². The molecular formula is C14H23N5O2. The number of likely N-dealkylation sites (N-methyl/N-ethyl adjacent to an activating group) is 1. The quantitative estimate of drug-likeness (QED) is 0.771. The summed E-state index contributed by atoms with van der Waals surface area (Å²) < 4.78 is 0. The summed E-state index contributed by atoms with van der Waals surface area (Å²) >= 11 is 0. The van der Waals surface area contributed by atoms with Gasteiger partial charge in [0.15, 0.2) is 0 Å². The topological polar surface area (TPSA) is 81.6 Å². The maximum absolute atomic E-state index is 12.2. The molecule has 1 fully saturated rings. The summed E-state index contributed by atoms with van der Waals surface area (Å²) in [7, 11) is 3.80. The van der Waals surface area contributed by atoms with Crippen LogP contribution in [0.1, 0.15) is 23.3 Å². The number of hydrogen-bond acceptors (Lipinski definition) is 6. The first-order chi connectivity index (χ1) is 10.1. The van der Waals surface area contributed by atoms with Gasteiger partial charge in [-0.05, 0) is 26.9 Å². The van der Waals surface area contributed by atoms with Crippen LogP contribution in [0.15, 0.2) is 12.4 Å². The highest BCUT2D eigenvalue weighted by Crippen LogP contribution is 2.12. The van der Waals surface area contributed by atoms with Crippen molar-refractivity contribution in [2.45, 2.75) is 18.9 Å². The first-order valence-electron chi connectivity index (χ1n) is 7.24. The van der Waals surface area contributed by atoms with Gasteiger partial charge in [0.1, 0.15) is 11.5 Å². The molecule has 0 spiro atoms. The zero-order valence-corrected chi connectivity index (χ0v) is 12.6. The van der Waals surface area contributed by atoms with Crippen molar-refractivity contribution in [1.29, 1.82) is 0 Å². The molecule has 116 valence electrons. The molecule has 2 N–H and O–H groups in total. The van der Waals surface area contributed by atoms with Gasteiger partial charge in [-0.1, -0.05) is 0 Å². The minimum Gasteiger partial charge on any atom is -0.390 e. The Bertz CT molecular complexity index is 474. The van der Waals surface area contributed by atoms with Crippen LogP contribution in [0, 0.1) is 0 Å². The number of rotatable bonds is 6. The fourth-order valence-corrected chi connectivity index (χ4v) is 2.34. The second-order valence-corrected chi connectivity index (χ2v) is 5.59. The highest BCUT2D eigenvalue weighted by Gasteiger charge is 2.21. The molecule has 0 bridgehead atoms. The first-order valence-corrected chi connectivity index (χ1v) is 7.24. The smallest absolute Gasteiger partial charge is 0.274 e. The van der Waals surface area contributed by atoms with E-state index in [1.807, 2.05) is 19.0 Å². The molecule has 1 amide bonds. The average molecular weight is 293 g/mol. The van der Waals surface area contributed by atoms with E-state index in [0.29, 0.717) is 24.6 Å². The molecule has 7 nitrogen and oxygen atoms in total. The summed E-state index contributed by atoms with van der Waals surface area (Å²) in [5.41, 5.74) is 0.351. The SMILES string of the molecule is CN(C)C[C@H](O)CNc1cncc(C(=O)N2CCCC2)n1. The van der Waals surface area contributed by atoms with Crippen molar-refractivity contribution in [1.82, 2.24) is 19.8 Å². The highest BCUT2D eigenvalue weighted by molar-refractivity contribution is 5.92. The fraction of sp³-hybridized carbons (Fsp3) is 0.643. The number of hydrogen-bond donors (Lipinski definition) is 2. The van der Waals surface area contributed by atoms with Crippen molar-refractivity contribution in [2.75, 3.05) is 45.6 Å². The summed E-state index contributed by atoms with van der Waals surface area (Å²) in [5.74, 6) is 0.440. The largest absolute Gasteiger partial charge is 0.390 e. The minimum absolute atomic E-state index is 0.0718. The van der Waals surface area contributed by atoms with Crippen molar-refractivity contribution in [3.8, 4) is 0 Å². The third kappa shape index (κ3) is 4.64. The van der Waals surface area contributed by atoms with Crippen molar-refractivity contribution in [2.24, 2.45) is 0 Å². The van der Waals surface area contributed by atoms with Gasteiger partial charge < -0.3 is 20.2 Å². The van der Waals surface area contributed by atoms with E-state index in [1.54, 1.807) is 11.1 Å². The monoisotopic (exact) mass is 293 g/mol. The number of nitrogens with one attached hydrogen (secondary N) is 1. The van der Waals surface area contributed by atoms with Crippen molar-refractivity contribution >= 4 is 11.7 Å². The fourth-order valence-electron chi connectivity index (χ4n) is 2.34. The Morgan fingerprint density at radius 3 is 2.81 bits per heavy atom. The van der Waals surface area contributed by atoms with Crippen molar-refractivity contribution in [3.63, 3.8) is 0 Å². The van der Waals surface area contributed by atoms with Gasteiger partial charge in [0.05, 0.1) is 18.5 Å². The third-order valence-electron chi connectivity index (χ3n) is 3.34. The minimum atomic E-state index is -0.500. The lowest BCUT2D eigenvalue weighted by Gasteiger charge is -2.17. The maximum atomic E-state index is 12.2. The molecule has 21 heavy (non-hydrogen) atoms. The van der Waals surface area contributed by atoms with Gasteiger partial charge in [-0.2, -0.15) is 0 Å². The number of carbonyl (C=O) groups excluding carboxylic acids is 1. The number of carbonyl (C=O) groups is 1. The van der Waals surface area contributed by atoms with Crippen molar-refractivity contribution in [3.05, 3.63) is 18.1 Å². The Kier molecular flexibility index (Phi) is 5.46. The molecular weight excluding hydrogens is 270 g/mol. The van der Waals surface area contributed by atoms with Crippen molar-refractivity contribution < 1.29 is 9.90 Å². The van der Waals surface area contributed by atoms with Gasteiger partial charge in [-0.3, -0.25) is 9.78 Å². The standard InChI is InChI=1S/C14H23N5O2/c1-18(2)10-11(20)7-16-13-9-15-8-12(17-13)14(21)19-5-3-4-6-19/h8-9,11,20H,3-7,10H2,1-2H3,(H,16,17)/t11-/m1/s1. The van der Waals surface area contributed by atoms with Gasteiger partial charge in [0.25, 0.3) is 5.91 Å². The summed E-state index contributed by atoms with van der Waals surface area (Å²) in [4.78, 5) is 24.3. The summed E-state index contributed by atoms with van der Waals surface area (Å²) in [6, 6.07) is 0. The first kappa shape index (κ1) is 15.7. The molecule has 1 aliphatic heterocycles. The maximum Gasteiger partial charge on any atom is 0.274 e. The number of amides is 1. The zero-order chi connectivity index (χ0) is 15.2. The summed E-state index contributed by atoms with van der Waals surface area (Å²) in [5, 5.41) is 12.8. The van der Waals surface area contributed by atoms with Gasteiger partial charge in [0, 0.05) is 26.2 Å². The number of nitrogens with zero attached hydrogens (tertiary/aromatic N) is 4. The van der Waals surface area contributed by atoms with E-state index in [2.05, 4.69) is 15.3 Å². The molecule has 2 rings (SSSR count). The molecule has 1 aromatic rings. The number of aromatic nitrogens is 2. The van der Waals surface area contributed by atoms with Crippen LogP contribution in [0.5, 0.6) is 0 Å². The molecule has 0 aliphatic carbocycles. The Morgan fingerprint density at radius 1 is 1.43 bits per heavy atom. The molecule has 1 saturated heterocycles. The molecule has 0 aromatic carbocycles. The lowest BCUT2D eigenvalue weighted by molar-refractivity contribution is 0.0786. The summed E-state index contributed by atoms with van der Waals surface area (Å²) in [6.07, 6.45) is 4.65. The van der Waals surface area contributed by atoms with Crippen LogP contribution >= 0.6 is 0 Å². The van der Waals surface area contributed by atoms with E-state index in [-0.39, 0.29) is 5.91 Å². The van der Waals surface area contributed by atoms with E-state index in [4.69, 9.17) is 0 Å². The molecule has 0 saturated carbocycles. The Balaban J connectivity index is 1.92. The van der Waals surface area contributed by atoms with Gasteiger partial charge in [-0.15, -0.1) is 0 Å². The second-order valence-electron chi connectivity index (χ2n) is 5.59. The van der Waals surface area contributed by atoms with Gasteiger partial charge >= 0.3 is 0 Å². The molecule has 1 aromatic heterocycles. The number of anilines is 1. The van der Waals surface area contributed by atoms with E-state index < -0.39 is 6.10 Å². The predicted molar refractivity (Wildman–Crippen MR) is 80.2 cm³/mol. The molecule has 2 heterocycles. The lowest BCUT2D eigenvalue weighted by Crippen LogP contribution is -2.32. The van der Waals surface area contributed by atoms with E-state index in [9.17, 15) is 9.90 Å².